The van der Waals surface area contributed by atoms with E-state index in [4.69, 9.17) is 14.7 Å². The first-order chi connectivity index (χ1) is 15.1. The average Bonchev–Trinajstić information content (AvgIpc) is 3.18. The smallest absolute Gasteiger partial charge is 0.118 e. The maximum Gasteiger partial charge on any atom is 0.118 e. The van der Waals surface area contributed by atoms with E-state index in [9.17, 15) is 0 Å². The molecule has 1 aromatic carbocycles. The second kappa shape index (κ2) is 7.04. The van der Waals surface area contributed by atoms with E-state index in [1.165, 1.54) is 28.1 Å². The van der Waals surface area contributed by atoms with Gasteiger partial charge < -0.3 is 4.74 Å². The molecule has 4 atom stereocenters. The van der Waals surface area contributed by atoms with Gasteiger partial charge in [-0.2, -0.15) is 0 Å². The summed E-state index contributed by atoms with van der Waals surface area (Å²) < 4.78 is 5.36. The van der Waals surface area contributed by atoms with Crippen molar-refractivity contribution >= 4 is 17.5 Å². The summed E-state index contributed by atoms with van der Waals surface area (Å²) in [5, 5.41) is 0. The molecule has 2 bridgehead atoms. The third-order valence-corrected chi connectivity index (χ3v) is 8.01. The first-order valence-electron chi connectivity index (χ1n) is 11.9. The second-order valence-electron chi connectivity index (χ2n) is 11.8. The van der Waals surface area contributed by atoms with E-state index in [-0.39, 0.29) is 16.2 Å². The predicted molar refractivity (Wildman–Crippen MR) is 135 cm³/mol. The fourth-order valence-corrected chi connectivity index (χ4v) is 6.52. The summed E-state index contributed by atoms with van der Waals surface area (Å²) in [6.45, 7) is 15.9. The molecule has 0 spiro atoms. The molecule has 0 saturated heterocycles. The van der Waals surface area contributed by atoms with Gasteiger partial charge in [-0.05, 0) is 34.1 Å². The van der Waals surface area contributed by atoms with E-state index < -0.39 is 0 Å². The molecule has 0 aromatic heterocycles. The zero-order valence-corrected chi connectivity index (χ0v) is 20.6. The molecule has 5 aliphatic rings. The largest absolute Gasteiger partial charge is 0.497 e. The maximum atomic E-state index is 5.36. The zero-order valence-electron chi connectivity index (χ0n) is 20.6. The van der Waals surface area contributed by atoms with Crippen LogP contribution in [0.4, 0.5) is 0 Å². The van der Waals surface area contributed by atoms with Gasteiger partial charge in [0.2, 0.25) is 0 Å². The fourth-order valence-electron chi connectivity index (χ4n) is 6.52. The van der Waals surface area contributed by atoms with E-state index in [0.717, 1.165) is 18.8 Å². The van der Waals surface area contributed by atoms with Crippen molar-refractivity contribution in [1.82, 2.24) is 0 Å². The Morgan fingerprint density at radius 3 is 2.31 bits per heavy atom. The van der Waals surface area contributed by atoms with E-state index in [0.29, 0.717) is 17.8 Å². The third-order valence-electron chi connectivity index (χ3n) is 8.01. The number of allylic oxidation sites excluding steroid dienone is 5. The summed E-state index contributed by atoms with van der Waals surface area (Å²) in [6.07, 6.45) is 9.86. The van der Waals surface area contributed by atoms with Crippen molar-refractivity contribution in [2.75, 3.05) is 20.2 Å². The minimum atomic E-state index is -0.125. The Bertz CT molecular complexity index is 1090. The van der Waals surface area contributed by atoms with E-state index in [1.807, 2.05) is 12.1 Å². The van der Waals surface area contributed by atoms with Gasteiger partial charge in [0.1, 0.15) is 5.75 Å². The monoisotopic (exact) mass is 428 g/mol. The summed E-state index contributed by atoms with van der Waals surface area (Å²) in [5.41, 5.74) is 6.71. The van der Waals surface area contributed by atoms with E-state index >= 15 is 0 Å². The summed E-state index contributed by atoms with van der Waals surface area (Å²) in [5.74, 6) is 2.03. The van der Waals surface area contributed by atoms with Crippen molar-refractivity contribution in [1.29, 1.82) is 0 Å². The number of rotatable bonds is 2. The Morgan fingerprint density at radius 1 is 1.00 bits per heavy atom. The Hall–Kier alpha value is -2.42. The molecule has 1 aliphatic heterocycles. The van der Waals surface area contributed by atoms with Crippen molar-refractivity contribution in [2.45, 2.75) is 41.5 Å². The van der Waals surface area contributed by atoms with Gasteiger partial charge in [0.25, 0.3) is 0 Å². The first kappa shape index (κ1) is 21.4. The number of methoxy groups -OCH3 is 1. The predicted octanol–water partition coefficient (Wildman–Crippen LogP) is 6.42. The van der Waals surface area contributed by atoms with Gasteiger partial charge in [-0.3, -0.25) is 9.98 Å². The van der Waals surface area contributed by atoms with Crippen LogP contribution in [0.15, 0.2) is 63.6 Å². The first-order valence-corrected chi connectivity index (χ1v) is 11.9. The number of hydrogen-bond donors (Lipinski definition) is 0. The van der Waals surface area contributed by atoms with Gasteiger partial charge in [-0.1, -0.05) is 83.6 Å². The molecule has 168 valence electrons. The summed E-state index contributed by atoms with van der Waals surface area (Å²) in [6, 6.07) is 8.39. The number of ether oxygens (including phenoxy) is 1. The van der Waals surface area contributed by atoms with Crippen molar-refractivity contribution in [3.8, 4) is 5.75 Å². The Balaban J connectivity index is 1.71. The Morgan fingerprint density at radius 2 is 1.69 bits per heavy atom. The highest BCUT2D eigenvalue weighted by Crippen LogP contribution is 2.66. The SMILES string of the molecule is COc1ccc(/C=C2/C=C[C@@H]3[C@H]2[C@@H]2C(C(C)(C)C)=C[C@@]3(C(C)(C)C)C3=NCCN=C32)cc1. The van der Waals surface area contributed by atoms with Crippen molar-refractivity contribution < 1.29 is 4.74 Å². The van der Waals surface area contributed by atoms with Gasteiger partial charge in [-0.25, -0.2) is 0 Å². The molecule has 0 N–H and O–H groups in total. The highest BCUT2D eigenvalue weighted by Gasteiger charge is 2.65. The quantitative estimate of drug-likeness (QED) is 0.500. The van der Waals surface area contributed by atoms with Crippen LogP contribution in [-0.2, 0) is 0 Å². The minimum absolute atomic E-state index is 0.0364. The molecule has 6 rings (SSSR count). The molecule has 3 heteroatoms. The lowest BCUT2D eigenvalue weighted by atomic mass is 9.42. The minimum Gasteiger partial charge on any atom is -0.497 e. The van der Waals surface area contributed by atoms with Crippen LogP contribution in [0.5, 0.6) is 5.75 Å². The number of hydrogen-bond acceptors (Lipinski definition) is 3. The molecule has 32 heavy (non-hydrogen) atoms. The lowest BCUT2D eigenvalue weighted by Crippen LogP contribution is -2.63. The molecular weight excluding hydrogens is 392 g/mol. The second-order valence-corrected chi connectivity index (χ2v) is 11.8. The van der Waals surface area contributed by atoms with Crippen LogP contribution in [0.25, 0.3) is 6.08 Å². The highest BCUT2D eigenvalue weighted by molar-refractivity contribution is 6.48. The summed E-state index contributed by atoms with van der Waals surface area (Å²) in [7, 11) is 1.72. The maximum absolute atomic E-state index is 5.36. The van der Waals surface area contributed by atoms with Gasteiger partial charge in [0.15, 0.2) is 0 Å². The van der Waals surface area contributed by atoms with Crippen LogP contribution in [0.3, 0.4) is 0 Å². The van der Waals surface area contributed by atoms with Gasteiger partial charge in [-0.15, -0.1) is 0 Å². The van der Waals surface area contributed by atoms with Crippen LogP contribution in [0.1, 0.15) is 47.1 Å². The third kappa shape index (κ3) is 2.93. The molecule has 1 aromatic rings. The average molecular weight is 429 g/mol. The van der Waals surface area contributed by atoms with Crippen LogP contribution in [-0.4, -0.2) is 31.6 Å². The Labute approximate surface area is 193 Å². The molecule has 0 unspecified atom stereocenters. The van der Waals surface area contributed by atoms with Crippen molar-refractivity contribution in [2.24, 2.45) is 44.0 Å². The standard InChI is InChI=1S/C29H36N2O/c1-27(2,3)22-17-29(28(4,5)6)21-13-10-19(16-18-8-11-20(32-7)12-9-18)23(21)24(22)25-26(29)31-15-14-30-25/h8-13,16-17,21,23-24H,14-15H2,1-7H3/b19-16-/t21-,23+,24+,29+/m1/s1. The topological polar surface area (TPSA) is 34.0 Å². The van der Waals surface area contributed by atoms with Crippen LogP contribution < -0.4 is 4.74 Å². The van der Waals surface area contributed by atoms with Crippen LogP contribution in [0.2, 0.25) is 0 Å². The van der Waals surface area contributed by atoms with E-state index in [2.05, 4.69) is 78.0 Å². The molecule has 1 heterocycles. The van der Waals surface area contributed by atoms with E-state index in [1.54, 1.807) is 7.11 Å². The lowest BCUT2D eigenvalue weighted by Gasteiger charge is -2.61. The van der Waals surface area contributed by atoms with Crippen molar-refractivity contribution in [3.05, 3.63) is 59.2 Å². The highest BCUT2D eigenvalue weighted by atomic mass is 16.5. The van der Waals surface area contributed by atoms with Crippen LogP contribution >= 0.6 is 0 Å². The molecule has 0 amide bonds. The summed E-state index contributed by atoms with van der Waals surface area (Å²) >= 11 is 0. The Kier molecular flexibility index (Phi) is 4.71. The van der Waals surface area contributed by atoms with Gasteiger partial charge in [0, 0.05) is 23.2 Å². The van der Waals surface area contributed by atoms with Gasteiger partial charge in [0.05, 0.1) is 31.6 Å². The zero-order chi connectivity index (χ0) is 22.9. The number of aliphatic imine (C=N–C) groups is 2. The molecule has 1 saturated carbocycles. The fraction of sp³-hybridized carbons (Fsp3) is 0.517. The van der Waals surface area contributed by atoms with Crippen molar-refractivity contribution in [3.63, 3.8) is 0 Å². The summed E-state index contributed by atoms with van der Waals surface area (Å²) in [4.78, 5) is 10.3. The number of benzene rings is 1. The molecule has 4 aliphatic carbocycles. The van der Waals surface area contributed by atoms with Gasteiger partial charge >= 0.3 is 0 Å². The van der Waals surface area contributed by atoms with Crippen LogP contribution in [0, 0.1) is 34.0 Å². The molecule has 3 nitrogen and oxygen atoms in total. The number of nitrogens with zero attached hydrogens (tertiary/aromatic N) is 2. The molecular formula is C29H36N2O. The lowest BCUT2D eigenvalue weighted by molar-refractivity contribution is 0.108. The molecule has 0 radical (unpaired) electrons. The molecule has 1 fully saturated rings. The normalized spacial score (nSPS) is 32.3.